The number of hydrazine groups is 1. The molecule has 0 unspecified atom stereocenters. The predicted molar refractivity (Wildman–Crippen MR) is 35.1 cm³/mol. The first-order valence-corrected chi connectivity index (χ1v) is 4.33. The van der Waals surface area contributed by atoms with Crippen molar-refractivity contribution in [3.8, 4) is 0 Å². The second kappa shape index (κ2) is 14.2. The van der Waals surface area contributed by atoms with Crippen molar-refractivity contribution in [2.45, 2.75) is 0 Å². The van der Waals surface area contributed by atoms with Gasteiger partial charge in [0.1, 0.15) is 0 Å². The van der Waals surface area contributed by atoms with E-state index in [9.17, 15) is 0 Å². The molecule has 0 radical (unpaired) electrons. The monoisotopic (exact) mass is 274 g/mol. The van der Waals surface area contributed by atoms with Gasteiger partial charge >= 0.3 is 46.9 Å². The molecular weight excluding hydrogens is 270 g/mol. The molecule has 0 aromatic rings. The van der Waals surface area contributed by atoms with Crippen LogP contribution in [0.5, 0.6) is 0 Å². The van der Waals surface area contributed by atoms with Crippen LogP contribution in [0.3, 0.4) is 0 Å². The van der Waals surface area contributed by atoms with Crippen LogP contribution in [0.2, 0.25) is 0 Å². The van der Waals surface area contributed by atoms with Gasteiger partial charge in [0.2, 0.25) is 0 Å². The van der Waals surface area contributed by atoms with Crippen LogP contribution in [0.4, 0.5) is 0 Å². The van der Waals surface area contributed by atoms with E-state index >= 15 is 0 Å². The van der Waals surface area contributed by atoms with Gasteiger partial charge in [-0.25, -0.2) is 0 Å². The Morgan fingerprint density at radius 3 is 0.714 bits per heavy atom. The van der Waals surface area contributed by atoms with Crippen LogP contribution in [0, 0.1) is 0 Å². The summed E-state index contributed by atoms with van der Waals surface area (Å²) in [6.45, 7) is 0. The molecule has 10 nitrogen and oxygen atoms in total. The van der Waals surface area contributed by atoms with Crippen LogP contribution in [-0.4, -0.2) is 52.4 Å². The summed E-state index contributed by atoms with van der Waals surface area (Å²) < 4.78 is 68.2. The molecule has 0 aliphatic rings. The summed E-state index contributed by atoms with van der Waals surface area (Å²) in [4.78, 5) is 0. The fourth-order valence-corrected chi connectivity index (χ4v) is 0. The molecule has 0 amide bonds. The molecule has 0 saturated carbocycles. The van der Waals surface area contributed by atoms with E-state index in [0.29, 0.717) is 0 Å². The Morgan fingerprint density at radius 2 is 0.714 bits per heavy atom. The Kier molecular flexibility index (Phi) is 29.9. The fraction of sp³-hybridized carbons (Fsp3) is 0. The molecule has 0 saturated heterocycles. The Bertz CT molecular complexity index is 222. The minimum absolute atomic E-state index is 0. The molecule has 4 N–H and O–H groups in total. The van der Waals surface area contributed by atoms with Crippen molar-refractivity contribution in [1.29, 1.82) is 0 Å². The van der Waals surface area contributed by atoms with E-state index in [2.05, 4.69) is 11.7 Å². The van der Waals surface area contributed by atoms with Crippen LogP contribution in [0.25, 0.3) is 0 Å². The number of nitrogens with two attached hydrogens (primary N) is 2. The van der Waals surface area contributed by atoms with Gasteiger partial charge in [0.05, 0.1) is 0 Å². The molecule has 0 heterocycles. The molecule has 78 valence electrons. The molecule has 0 aromatic carbocycles. The number of hydrogen-bond acceptors (Lipinski definition) is 10. The second-order valence-electron chi connectivity index (χ2n) is 0.816. The van der Waals surface area contributed by atoms with Crippen molar-refractivity contribution in [1.82, 2.24) is 0 Å². The molecule has 0 aliphatic carbocycles. The van der Waals surface area contributed by atoms with Gasteiger partial charge in [0, 0.05) is 20.8 Å². The summed E-state index contributed by atoms with van der Waals surface area (Å²) in [5.41, 5.74) is 0. The average Bonchev–Trinajstić information content (AvgIpc) is 1.59. The predicted octanol–water partition coefficient (Wildman–Crippen LogP) is -7.23. The van der Waals surface area contributed by atoms with Gasteiger partial charge in [-0.3, -0.25) is 28.5 Å². The van der Waals surface area contributed by atoms with Gasteiger partial charge in [-0.2, -0.15) is 0 Å². The summed E-state index contributed by atoms with van der Waals surface area (Å²) in [6, 6.07) is 0. The Labute approximate surface area is 114 Å². The van der Waals surface area contributed by atoms with Crippen molar-refractivity contribution >= 4 is 38.2 Å². The first-order valence-electron chi connectivity index (χ1n) is 1.67. The van der Waals surface area contributed by atoms with Crippen LogP contribution >= 0.6 is 0 Å². The summed E-state index contributed by atoms with van der Waals surface area (Å²) >= 11 is 0. The van der Waals surface area contributed by atoms with Crippen molar-refractivity contribution in [3.63, 3.8) is 0 Å². The third-order valence-corrected chi connectivity index (χ3v) is 0. The summed E-state index contributed by atoms with van der Waals surface area (Å²) in [7, 11) is -10.3. The van der Waals surface area contributed by atoms with Crippen LogP contribution in [-0.2, 0) is 20.8 Å². The average molecular weight is 274 g/mol. The Morgan fingerprint density at radius 1 is 0.714 bits per heavy atom. The molecule has 0 spiro atoms. The first kappa shape index (κ1) is 29.5. The molecule has 14 heteroatoms. The van der Waals surface area contributed by atoms with E-state index in [0.717, 1.165) is 0 Å². The van der Waals surface area contributed by atoms with Crippen molar-refractivity contribution in [3.05, 3.63) is 0 Å². The van der Waals surface area contributed by atoms with E-state index in [1.807, 2.05) is 0 Å². The zero-order chi connectivity index (χ0) is 11.0. The summed E-state index contributed by atoms with van der Waals surface area (Å²) in [5.74, 6) is 8.00. The normalized spacial score (nSPS) is 8.71. The van der Waals surface area contributed by atoms with Gasteiger partial charge in [0.25, 0.3) is 0 Å². The van der Waals surface area contributed by atoms with Crippen molar-refractivity contribution in [2.75, 3.05) is 0 Å². The maximum Gasteiger partial charge on any atom is 3.00 e. The molecule has 0 fully saturated rings. The zero-order valence-electron chi connectivity index (χ0n) is 6.81. The second-order valence-corrected chi connectivity index (χ2v) is 2.45. The molecule has 0 atom stereocenters. The van der Waals surface area contributed by atoms with Gasteiger partial charge in [-0.05, 0) is 0 Å². The molecule has 14 heavy (non-hydrogen) atoms. The molecule has 0 bridgehead atoms. The van der Waals surface area contributed by atoms with Crippen LogP contribution in [0.1, 0.15) is 0 Å². The molecule has 0 aliphatic heterocycles. The van der Waals surface area contributed by atoms with E-state index in [-0.39, 0.29) is 46.9 Å². The van der Waals surface area contributed by atoms with Crippen LogP contribution in [0.15, 0.2) is 0 Å². The maximum atomic E-state index is 8.52. The van der Waals surface area contributed by atoms with Crippen molar-refractivity contribution < 1.29 is 64.6 Å². The Hall–Kier alpha value is 1.19. The van der Waals surface area contributed by atoms with E-state index in [1.54, 1.807) is 0 Å². The zero-order valence-corrected chi connectivity index (χ0v) is 11.6. The Balaban J connectivity index is -0.0000000292. The third kappa shape index (κ3) is 1380. The van der Waals surface area contributed by atoms with Crippen LogP contribution < -0.4 is 41.2 Å². The standard InChI is InChI=1S/Al.H4N2.Na.2H2O4S/c;1-2;;2*1-5(2,3)4/h;1-2H2;;2*(H2,1,2,3,4)/q+3;;+1;;/p-4. The third-order valence-electron chi connectivity index (χ3n) is 0. The molecule has 0 rings (SSSR count). The first-order chi connectivity index (χ1) is 5.00. The van der Waals surface area contributed by atoms with E-state index < -0.39 is 20.8 Å². The van der Waals surface area contributed by atoms with Gasteiger partial charge in [0.15, 0.2) is 0 Å². The van der Waals surface area contributed by atoms with Gasteiger partial charge < -0.3 is 18.2 Å². The minimum Gasteiger partial charge on any atom is -0.759 e. The summed E-state index contributed by atoms with van der Waals surface area (Å²) in [6.07, 6.45) is 0. The van der Waals surface area contributed by atoms with E-state index in [1.165, 1.54) is 0 Å². The van der Waals surface area contributed by atoms with Gasteiger partial charge in [-0.1, -0.05) is 0 Å². The smallest absolute Gasteiger partial charge is 0.759 e. The van der Waals surface area contributed by atoms with Crippen molar-refractivity contribution in [2.24, 2.45) is 11.7 Å². The summed E-state index contributed by atoms with van der Waals surface area (Å²) in [5, 5.41) is 0. The number of rotatable bonds is 0. The topological polar surface area (TPSA) is 213 Å². The maximum absolute atomic E-state index is 8.52. The number of hydrogen-bond donors (Lipinski definition) is 2. The van der Waals surface area contributed by atoms with Gasteiger partial charge in [-0.15, -0.1) is 0 Å². The molecular formula is H4AlN2NaO8S2. The SMILES string of the molecule is NN.O=S(=O)([O-])[O-].O=S(=O)([O-])[O-].[Al+3].[Na+]. The largest absolute Gasteiger partial charge is 3.00 e. The fourth-order valence-electron chi connectivity index (χ4n) is 0. The van der Waals surface area contributed by atoms with E-state index in [4.69, 9.17) is 35.0 Å². The molecule has 0 aromatic heterocycles. The quantitative estimate of drug-likeness (QED) is 0.140. The minimum atomic E-state index is -5.17.